The Morgan fingerprint density at radius 3 is 2.21 bits per heavy atom. The third-order valence-corrected chi connectivity index (χ3v) is 4.73. The predicted octanol–water partition coefficient (Wildman–Crippen LogP) is 1.28. The SMILES string of the molecule is O=C1NC(=O)c2cc(S(=O)(=O)Nc3ccc([N+](=O)[O-])cc3)ccc21. The Morgan fingerprint density at radius 1 is 0.958 bits per heavy atom. The Bertz CT molecular complexity index is 982. The molecule has 0 bridgehead atoms. The van der Waals surface area contributed by atoms with Gasteiger partial charge in [0, 0.05) is 17.8 Å². The van der Waals surface area contributed by atoms with Gasteiger partial charge in [-0.05, 0) is 30.3 Å². The van der Waals surface area contributed by atoms with Crippen LogP contribution < -0.4 is 10.0 Å². The fraction of sp³-hybridized carbons (Fsp3) is 0. The van der Waals surface area contributed by atoms with Crippen molar-refractivity contribution < 1.29 is 22.9 Å². The van der Waals surface area contributed by atoms with Gasteiger partial charge in [0.2, 0.25) is 0 Å². The number of benzene rings is 2. The number of hydrogen-bond donors (Lipinski definition) is 2. The molecule has 2 aromatic rings. The van der Waals surface area contributed by atoms with E-state index < -0.39 is 26.8 Å². The molecule has 1 aliphatic heterocycles. The van der Waals surface area contributed by atoms with Gasteiger partial charge in [0.25, 0.3) is 27.5 Å². The van der Waals surface area contributed by atoms with E-state index >= 15 is 0 Å². The first kappa shape index (κ1) is 15.6. The molecular weight excluding hydrogens is 338 g/mol. The molecule has 1 aliphatic rings. The first-order chi connectivity index (χ1) is 11.3. The van der Waals surface area contributed by atoms with Crippen LogP contribution in [-0.2, 0) is 10.0 Å². The van der Waals surface area contributed by atoms with E-state index in [9.17, 15) is 28.1 Å². The highest BCUT2D eigenvalue weighted by molar-refractivity contribution is 7.92. The van der Waals surface area contributed by atoms with Crippen LogP contribution in [0.2, 0.25) is 0 Å². The molecule has 24 heavy (non-hydrogen) atoms. The molecule has 9 nitrogen and oxygen atoms in total. The van der Waals surface area contributed by atoms with Crippen LogP contribution in [0.4, 0.5) is 11.4 Å². The molecule has 1 heterocycles. The molecule has 3 rings (SSSR count). The van der Waals surface area contributed by atoms with Gasteiger partial charge in [-0.2, -0.15) is 0 Å². The monoisotopic (exact) mass is 347 g/mol. The predicted molar refractivity (Wildman–Crippen MR) is 82.1 cm³/mol. The lowest BCUT2D eigenvalue weighted by Gasteiger charge is -2.08. The molecule has 10 heteroatoms. The summed E-state index contributed by atoms with van der Waals surface area (Å²) in [4.78, 5) is 32.8. The highest BCUT2D eigenvalue weighted by Gasteiger charge is 2.28. The number of rotatable bonds is 4. The minimum atomic E-state index is -4.02. The van der Waals surface area contributed by atoms with Crippen LogP contribution in [0.25, 0.3) is 0 Å². The van der Waals surface area contributed by atoms with Crippen molar-refractivity contribution in [3.05, 3.63) is 63.7 Å². The summed E-state index contributed by atoms with van der Waals surface area (Å²) in [5, 5.41) is 12.7. The molecule has 0 fully saturated rings. The third kappa shape index (κ3) is 2.70. The molecule has 0 saturated carbocycles. The standard InChI is InChI=1S/C14H9N3O6S/c18-13-11-6-5-10(7-12(11)14(19)15-13)24(22,23)16-8-1-3-9(4-2-8)17(20)21/h1-7,16H,(H,15,18,19). The molecule has 2 amide bonds. The second-order valence-electron chi connectivity index (χ2n) is 4.90. The van der Waals surface area contributed by atoms with Gasteiger partial charge in [0.1, 0.15) is 0 Å². The zero-order chi connectivity index (χ0) is 17.5. The average Bonchev–Trinajstić information content (AvgIpc) is 2.82. The number of nitrogens with one attached hydrogen (secondary N) is 2. The number of non-ortho nitro benzene ring substituents is 1. The summed E-state index contributed by atoms with van der Waals surface area (Å²) in [6.07, 6.45) is 0. The van der Waals surface area contributed by atoms with Crippen LogP contribution in [0.1, 0.15) is 20.7 Å². The summed E-state index contributed by atoms with van der Waals surface area (Å²) in [6.45, 7) is 0. The highest BCUT2D eigenvalue weighted by atomic mass is 32.2. The number of fused-ring (bicyclic) bond motifs is 1. The molecule has 0 spiro atoms. The van der Waals surface area contributed by atoms with E-state index in [1.807, 2.05) is 0 Å². The number of nitro benzene ring substituents is 1. The lowest BCUT2D eigenvalue weighted by Crippen LogP contribution is -2.19. The van der Waals surface area contributed by atoms with Crippen LogP contribution >= 0.6 is 0 Å². The first-order valence-corrected chi connectivity index (χ1v) is 8.03. The molecule has 2 N–H and O–H groups in total. The summed E-state index contributed by atoms with van der Waals surface area (Å²) >= 11 is 0. The van der Waals surface area contributed by atoms with Gasteiger partial charge in [0.05, 0.1) is 20.9 Å². The Labute approximate surface area is 135 Å². The van der Waals surface area contributed by atoms with E-state index in [0.29, 0.717) is 0 Å². The molecule has 0 saturated heterocycles. The van der Waals surface area contributed by atoms with E-state index in [2.05, 4.69) is 10.0 Å². The fourth-order valence-electron chi connectivity index (χ4n) is 2.18. The third-order valence-electron chi connectivity index (χ3n) is 3.35. The lowest BCUT2D eigenvalue weighted by molar-refractivity contribution is -0.384. The summed E-state index contributed by atoms with van der Waals surface area (Å²) in [6, 6.07) is 8.37. The van der Waals surface area contributed by atoms with E-state index in [4.69, 9.17) is 0 Å². The quantitative estimate of drug-likeness (QED) is 0.486. The summed E-state index contributed by atoms with van der Waals surface area (Å²) in [5.41, 5.74) is 0.0353. The number of nitro groups is 1. The normalized spacial score (nSPS) is 13.3. The van der Waals surface area contributed by atoms with Crippen molar-refractivity contribution in [3.8, 4) is 0 Å². The van der Waals surface area contributed by atoms with Crippen molar-refractivity contribution in [1.29, 1.82) is 0 Å². The number of imide groups is 1. The van der Waals surface area contributed by atoms with E-state index in [1.165, 1.54) is 24.3 Å². The maximum atomic E-state index is 12.3. The van der Waals surface area contributed by atoms with Gasteiger partial charge < -0.3 is 0 Å². The maximum Gasteiger partial charge on any atom is 0.269 e. The second-order valence-corrected chi connectivity index (χ2v) is 6.58. The van der Waals surface area contributed by atoms with Crippen LogP contribution in [0.3, 0.4) is 0 Å². The average molecular weight is 347 g/mol. The smallest absolute Gasteiger partial charge is 0.269 e. The topological polar surface area (TPSA) is 135 Å². The van der Waals surface area contributed by atoms with Crippen molar-refractivity contribution in [2.24, 2.45) is 0 Å². The van der Waals surface area contributed by atoms with Crippen molar-refractivity contribution >= 4 is 33.2 Å². The van der Waals surface area contributed by atoms with Gasteiger partial charge in [-0.25, -0.2) is 8.42 Å². The molecular formula is C14H9N3O6S. The summed E-state index contributed by atoms with van der Waals surface area (Å²) in [7, 11) is -4.02. The number of anilines is 1. The first-order valence-electron chi connectivity index (χ1n) is 6.55. The Balaban J connectivity index is 1.91. The number of nitrogens with zero attached hydrogens (tertiary/aromatic N) is 1. The van der Waals surface area contributed by atoms with Crippen molar-refractivity contribution in [1.82, 2.24) is 5.32 Å². The fourth-order valence-corrected chi connectivity index (χ4v) is 3.26. The number of amides is 2. The second kappa shape index (κ2) is 5.42. The number of carbonyl (C=O) groups excluding carboxylic acids is 2. The molecule has 0 radical (unpaired) electrons. The van der Waals surface area contributed by atoms with Gasteiger partial charge >= 0.3 is 0 Å². The van der Waals surface area contributed by atoms with Gasteiger partial charge in [-0.3, -0.25) is 29.7 Å². The Hall–Kier alpha value is -3.27. The van der Waals surface area contributed by atoms with Crippen molar-refractivity contribution in [2.75, 3.05) is 4.72 Å². The van der Waals surface area contributed by atoms with Gasteiger partial charge in [-0.15, -0.1) is 0 Å². The van der Waals surface area contributed by atoms with E-state index in [0.717, 1.165) is 18.2 Å². The molecule has 0 atom stereocenters. The van der Waals surface area contributed by atoms with Crippen LogP contribution in [-0.4, -0.2) is 25.2 Å². The minimum Gasteiger partial charge on any atom is -0.288 e. The number of hydrogen-bond acceptors (Lipinski definition) is 6. The Morgan fingerprint density at radius 2 is 1.58 bits per heavy atom. The van der Waals surface area contributed by atoms with Gasteiger partial charge in [0.15, 0.2) is 0 Å². The van der Waals surface area contributed by atoms with E-state index in [-0.39, 0.29) is 27.4 Å². The maximum absolute atomic E-state index is 12.3. The van der Waals surface area contributed by atoms with Crippen LogP contribution in [0, 0.1) is 10.1 Å². The zero-order valence-corrected chi connectivity index (χ0v) is 12.7. The zero-order valence-electron chi connectivity index (χ0n) is 11.8. The van der Waals surface area contributed by atoms with Gasteiger partial charge in [-0.1, -0.05) is 0 Å². The summed E-state index contributed by atoms with van der Waals surface area (Å²) in [5.74, 6) is -1.25. The number of carbonyl (C=O) groups is 2. The minimum absolute atomic E-state index is 0.0217. The molecule has 0 aromatic heterocycles. The van der Waals surface area contributed by atoms with Crippen molar-refractivity contribution in [3.63, 3.8) is 0 Å². The molecule has 2 aromatic carbocycles. The largest absolute Gasteiger partial charge is 0.288 e. The number of sulfonamides is 1. The molecule has 122 valence electrons. The molecule has 0 unspecified atom stereocenters. The lowest BCUT2D eigenvalue weighted by atomic mass is 10.1. The van der Waals surface area contributed by atoms with E-state index in [1.54, 1.807) is 0 Å². The summed E-state index contributed by atoms with van der Waals surface area (Å²) < 4.78 is 26.9. The Kier molecular flexibility index (Phi) is 3.53. The van der Waals surface area contributed by atoms with Crippen molar-refractivity contribution in [2.45, 2.75) is 4.90 Å². The van der Waals surface area contributed by atoms with Crippen LogP contribution in [0.15, 0.2) is 47.4 Å². The molecule has 0 aliphatic carbocycles. The van der Waals surface area contributed by atoms with Crippen LogP contribution in [0.5, 0.6) is 0 Å². The highest BCUT2D eigenvalue weighted by Crippen LogP contribution is 2.23.